The highest BCUT2D eigenvalue weighted by molar-refractivity contribution is 6.02. The third kappa shape index (κ3) is 4.53. The molecule has 0 saturated carbocycles. The highest BCUT2D eigenvalue weighted by Crippen LogP contribution is 2.41. The fourth-order valence-corrected chi connectivity index (χ4v) is 5.02. The number of carbonyl (C=O) groups is 1. The quantitative estimate of drug-likeness (QED) is 0.447. The summed E-state index contributed by atoms with van der Waals surface area (Å²) in [4.78, 5) is 15.6. The van der Waals surface area contributed by atoms with Crippen molar-refractivity contribution in [3.05, 3.63) is 95.6 Å². The van der Waals surface area contributed by atoms with E-state index in [1.54, 1.807) is 0 Å². The summed E-state index contributed by atoms with van der Waals surface area (Å²) >= 11 is 0. The minimum absolute atomic E-state index is 0.0197. The first-order chi connectivity index (χ1) is 16.6. The molecule has 34 heavy (non-hydrogen) atoms. The Morgan fingerprint density at radius 3 is 2.62 bits per heavy atom. The number of carbonyl (C=O) groups excluding carboxylic acids is 1. The molecule has 2 atom stereocenters. The van der Waals surface area contributed by atoms with E-state index in [2.05, 4.69) is 42.6 Å². The Labute approximate surface area is 201 Å². The van der Waals surface area contributed by atoms with Crippen molar-refractivity contribution >= 4 is 11.6 Å². The molecule has 2 aliphatic heterocycles. The largest absolute Gasteiger partial charge is 0.493 e. The molecule has 3 aromatic carbocycles. The second-order valence-corrected chi connectivity index (χ2v) is 9.23. The number of benzene rings is 3. The number of nitrogens with zero attached hydrogens (tertiary/aromatic N) is 1. The van der Waals surface area contributed by atoms with Gasteiger partial charge in [0.15, 0.2) is 0 Å². The minimum atomic E-state index is -0.757. The second kappa shape index (κ2) is 9.90. The van der Waals surface area contributed by atoms with Gasteiger partial charge in [0.2, 0.25) is 0 Å². The molecular formula is C29H32N2O3. The van der Waals surface area contributed by atoms with Gasteiger partial charge < -0.3 is 19.7 Å². The lowest BCUT2D eigenvalue weighted by molar-refractivity contribution is 0.0236. The van der Waals surface area contributed by atoms with Crippen LogP contribution < -0.4 is 10.1 Å². The molecule has 5 rings (SSSR count). The van der Waals surface area contributed by atoms with Crippen LogP contribution in [0.2, 0.25) is 0 Å². The third-order valence-electron chi connectivity index (χ3n) is 6.85. The summed E-state index contributed by atoms with van der Waals surface area (Å²) in [6, 6.07) is 26.3. The number of hydrogen-bond donors (Lipinski definition) is 1. The van der Waals surface area contributed by atoms with Gasteiger partial charge in [-0.2, -0.15) is 0 Å². The van der Waals surface area contributed by atoms with Crippen molar-refractivity contribution in [2.75, 3.05) is 25.1 Å². The number of ether oxygens (including phenoxy) is 2. The zero-order valence-corrected chi connectivity index (χ0v) is 19.7. The molecule has 5 heteroatoms. The van der Waals surface area contributed by atoms with Crippen LogP contribution in [0.25, 0.3) is 0 Å². The van der Waals surface area contributed by atoms with Gasteiger partial charge in [0.1, 0.15) is 11.4 Å². The average molecular weight is 457 g/mol. The van der Waals surface area contributed by atoms with Crippen molar-refractivity contribution in [3.8, 4) is 5.75 Å². The van der Waals surface area contributed by atoms with Gasteiger partial charge in [-0.3, -0.25) is 4.79 Å². The summed E-state index contributed by atoms with van der Waals surface area (Å²) in [5.74, 6) is 0.821. The number of hydrogen-bond acceptors (Lipinski definition) is 4. The molecule has 2 aliphatic rings. The van der Waals surface area contributed by atoms with Gasteiger partial charge in [0.05, 0.1) is 18.3 Å². The molecule has 0 radical (unpaired) electrons. The fraction of sp³-hybridized carbons (Fsp3) is 0.345. The molecule has 176 valence electrons. The van der Waals surface area contributed by atoms with Crippen LogP contribution in [0.4, 0.5) is 5.69 Å². The molecule has 1 amide bonds. The van der Waals surface area contributed by atoms with Crippen LogP contribution in [0, 0.1) is 0 Å². The van der Waals surface area contributed by atoms with Gasteiger partial charge >= 0.3 is 0 Å². The maximum atomic E-state index is 13.7. The zero-order chi connectivity index (χ0) is 23.4. The molecule has 0 bridgehead atoms. The van der Waals surface area contributed by atoms with Crippen LogP contribution in [-0.2, 0) is 16.8 Å². The van der Waals surface area contributed by atoms with E-state index >= 15 is 0 Å². The number of rotatable bonds is 8. The summed E-state index contributed by atoms with van der Waals surface area (Å²) in [6.45, 7) is 3.98. The summed E-state index contributed by atoms with van der Waals surface area (Å²) in [5.41, 5.74) is 3.05. The van der Waals surface area contributed by atoms with E-state index < -0.39 is 5.66 Å². The molecule has 2 heterocycles. The molecule has 3 aromatic rings. The molecule has 1 fully saturated rings. The highest BCUT2D eigenvalue weighted by Gasteiger charge is 2.45. The van der Waals surface area contributed by atoms with Crippen molar-refractivity contribution in [2.24, 2.45) is 0 Å². The number of amides is 1. The Balaban J connectivity index is 1.41. The van der Waals surface area contributed by atoms with Gasteiger partial charge in [-0.25, -0.2) is 0 Å². The number of anilines is 1. The second-order valence-electron chi connectivity index (χ2n) is 9.23. The fourth-order valence-electron chi connectivity index (χ4n) is 5.02. The van der Waals surface area contributed by atoms with Gasteiger partial charge in [-0.05, 0) is 56.4 Å². The summed E-state index contributed by atoms with van der Waals surface area (Å²) in [7, 11) is 0. The van der Waals surface area contributed by atoms with Crippen molar-refractivity contribution in [1.82, 2.24) is 4.90 Å². The lowest BCUT2D eigenvalue weighted by atomic mass is 9.92. The van der Waals surface area contributed by atoms with Crippen molar-refractivity contribution in [3.63, 3.8) is 0 Å². The maximum Gasteiger partial charge on any atom is 0.258 e. The Bertz CT molecular complexity index is 1130. The number of aryl methyl sites for hydroxylation is 1. The van der Waals surface area contributed by atoms with E-state index in [4.69, 9.17) is 9.47 Å². The van der Waals surface area contributed by atoms with Crippen molar-refractivity contribution < 1.29 is 14.3 Å². The molecule has 2 unspecified atom stereocenters. The maximum absolute atomic E-state index is 13.7. The smallest absolute Gasteiger partial charge is 0.258 e. The number of fused-ring (bicyclic) bond motifs is 1. The molecule has 1 saturated heterocycles. The highest BCUT2D eigenvalue weighted by atomic mass is 16.5. The third-order valence-corrected chi connectivity index (χ3v) is 6.85. The first kappa shape index (κ1) is 22.5. The lowest BCUT2D eigenvalue weighted by Crippen LogP contribution is -2.57. The molecule has 1 N–H and O–H groups in total. The molecular weight excluding hydrogens is 424 g/mol. The van der Waals surface area contributed by atoms with E-state index in [-0.39, 0.29) is 12.0 Å². The monoisotopic (exact) mass is 456 g/mol. The van der Waals surface area contributed by atoms with E-state index in [0.717, 1.165) is 49.3 Å². The molecule has 0 aromatic heterocycles. The van der Waals surface area contributed by atoms with E-state index in [1.165, 1.54) is 5.56 Å². The minimum Gasteiger partial charge on any atom is -0.493 e. The Kier molecular flexibility index (Phi) is 6.54. The van der Waals surface area contributed by atoms with Gasteiger partial charge in [-0.1, -0.05) is 60.7 Å². The van der Waals surface area contributed by atoms with Crippen LogP contribution in [0.1, 0.15) is 47.7 Å². The standard InChI is InChI=1S/C29H32N2O3/c1-29(25-16-6-8-18-27(25)34-20-9-13-22-11-3-2-4-12-22)30-26-17-7-5-15-24(26)28(32)31(29)21-23-14-10-19-33-23/h2-8,11-12,15-18,23,30H,9-10,13-14,19-21H2,1H3. The normalized spacial score (nSPS) is 21.7. The first-order valence-electron chi connectivity index (χ1n) is 12.2. The van der Waals surface area contributed by atoms with Gasteiger partial charge in [0.25, 0.3) is 5.91 Å². The topological polar surface area (TPSA) is 50.8 Å². The summed E-state index contributed by atoms with van der Waals surface area (Å²) in [5, 5.41) is 3.67. The van der Waals surface area contributed by atoms with Crippen LogP contribution in [0.3, 0.4) is 0 Å². The molecule has 0 aliphatic carbocycles. The van der Waals surface area contributed by atoms with Crippen LogP contribution in [0.5, 0.6) is 5.75 Å². The van der Waals surface area contributed by atoms with Crippen LogP contribution in [-0.4, -0.2) is 36.7 Å². The molecule has 0 spiro atoms. The van der Waals surface area contributed by atoms with Crippen LogP contribution >= 0.6 is 0 Å². The van der Waals surface area contributed by atoms with E-state index in [0.29, 0.717) is 18.7 Å². The first-order valence-corrected chi connectivity index (χ1v) is 12.2. The van der Waals surface area contributed by atoms with Crippen LogP contribution in [0.15, 0.2) is 78.9 Å². The predicted molar refractivity (Wildman–Crippen MR) is 134 cm³/mol. The molecule has 5 nitrogen and oxygen atoms in total. The zero-order valence-electron chi connectivity index (χ0n) is 19.7. The van der Waals surface area contributed by atoms with Gasteiger partial charge in [-0.15, -0.1) is 0 Å². The summed E-state index contributed by atoms with van der Waals surface area (Å²) in [6.07, 6.45) is 3.95. The Morgan fingerprint density at radius 1 is 1.03 bits per heavy atom. The average Bonchev–Trinajstić information content (AvgIpc) is 3.39. The summed E-state index contributed by atoms with van der Waals surface area (Å²) < 4.78 is 12.2. The van der Waals surface area contributed by atoms with Crippen molar-refractivity contribution in [2.45, 2.75) is 44.4 Å². The number of para-hydroxylation sites is 2. The Hall–Kier alpha value is -3.31. The van der Waals surface area contributed by atoms with E-state index in [1.807, 2.05) is 53.4 Å². The Morgan fingerprint density at radius 2 is 1.79 bits per heavy atom. The van der Waals surface area contributed by atoms with Gasteiger partial charge in [0, 0.05) is 24.4 Å². The predicted octanol–water partition coefficient (Wildman–Crippen LogP) is 5.62. The van der Waals surface area contributed by atoms with E-state index in [9.17, 15) is 4.79 Å². The number of nitrogens with one attached hydrogen (secondary N) is 1. The van der Waals surface area contributed by atoms with Crippen molar-refractivity contribution in [1.29, 1.82) is 0 Å². The SMILES string of the molecule is CC1(c2ccccc2OCCCc2ccccc2)Nc2ccccc2C(=O)N1CC1CCCO1. The lowest BCUT2D eigenvalue weighted by Gasteiger charge is -2.47.